The molecule has 3 aliphatic heterocycles. The van der Waals surface area contributed by atoms with Crippen LogP contribution in [0.5, 0.6) is 5.75 Å². The van der Waals surface area contributed by atoms with E-state index >= 15 is 0 Å². The van der Waals surface area contributed by atoms with Crippen LogP contribution in [0.25, 0.3) is 0 Å². The highest BCUT2D eigenvalue weighted by Crippen LogP contribution is 2.44. The Balaban J connectivity index is 1.39. The number of ether oxygens (including phenoxy) is 1. The highest BCUT2D eigenvalue weighted by atomic mass is 16.5. The molecule has 3 aliphatic rings. The topological polar surface area (TPSA) is 36.0 Å². The highest BCUT2D eigenvalue weighted by Gasteiger charge is 2.45. The Morgan fingerprint density at radius 3 is 2.60 bits per heavy atom. The number of rotatable bonds is 5. The van der Waals surface area contributed by atoms with Crippen molar-refractivity contribution in [3.63, 3.8) is 0 Å². The van der Waals surface area contributed by atoms with Crippen LogP contribution in [0.4, 0.5) is 0 Å². The van der Waals surface area contributed by atoms with E-state index in [1.54, 1.807) is 7.11 Å². The minimum absolute atomic E-state index is 0.343. The average molecular weight is 343 g/mol. The van der Waals surface area contributed by atoms with Crippen LogP contribution in [0, 0.1) is 11.8 Å². The van der Waals surface area contributed by atoms with Crippen molar-refractivity contribution in [3.8, 4) is 5.75 Å². The van der Waals surface area contributed by atoms with E-state index in [1.165, 1.54) is 18.7 Å². The number of carbonyl (C=O) groups excluding carboxylic acids is 1. The van der Waals surface area contributed by atoms with E-state index in [0.29, 0.717) is 17.9 Å². The molecule has 0 aliphatic carbocycles. The fraction of sp³-hybridized carbons (Fsp3) is 0.650. The van der Waals surface area contributed by atoms with E-state index in [9.17, 15) is 4.79 Å². The molecule has 0 N–H and O–H groups in total. The Labute approximate surface area is 150 Å². The first-order valence-corrected chi connectivity index (χ1v) is 9.50. The van der Waals surface area contributed by atoms with Gasteiger partial charge in [-0.25, -0.2) is 0 Å². The second-order valence-corrected chi connectivity index (χ2v) is 7.83. The molecule has 0 saturated carbocycles. The number of benzene rings is 1. The van der Waals surface area contributed by atoms with Gasteiger partial charge in [0.1, 0.15) is 5.75 Å². The lowest BCUT2D eigenvalue weighted by Gasteiger charge is -2.27. The molecule has 1 aromatic rings. The lowest BCUT2D eigenvalue weighted by Crippen LogP contribution is -2.36. The van der Waals surface area contributed by atoms with Gasteiger partial charge in [0, 0.05) is 51.7 Å². The van der Waals surface area contributed by atoms with Crippen molar-refractivity contribution in [3.05, 3.63) is 29.8 Å². The second-order valence-electron chi connectivity index (χ2n) is 7.83. The Hall–Kier alpha value is -1.59. The van der Waals surface area contributed by atoms with Crippen LogP contribution in [0.2, 0.25) is 0 Å². The third kappa shape index (κ3) is 3.27. The number of likely N-dealkylation sites (tertiary alicyclic amines) is 3. The van der Waals surface area contributed by atoms with Gasteiger partial charge >= 0.3 is 0 Å². The molecule has 136 valence electrons. The summed E-state index contributed by atoms with van der Waals surface area (Å²) in [6, 6.07) is 9.07. The fourth-order valence-electron chi connectivity index (χ4n) is 5.04. The van der Waals surface area contributed by atoms with Gasteiger partial charge in [-0.3, -0.25) is 9.69 Å². The van der Waals surface area contributed by atoms with Gasteiger partial charge in [0.25, 0.3) is 0 Å². The Morgan fingerprint density at radius 2 is 1.92 bits per heavy atom. The van der Waals surface area contributed by atoms with Crippen molar-refractivity contribution >= 4 is 5.91 Å². The summed E-state index contributed by atoms with van der Waals surface area (Å²) in [6.07, 6.45) is 1.78. The van der Waals surface area contributed by atoms with Crippen molar-refractivity contribution in [2.24, 2.45) is 11.8 Å². The van der Waals surface area contributed by atoms with Crippen LogP contribution in [0.15, 0.2) is 24.3 Å². The Morgan fingerprint density at radius 1 is 1.12 bits per heavy atom. The summed E-state index contributed by atoms with van der Waals surface area (Å²) < 4.78 is 5.30. The van der Waals surface area contributed by atoms with Crippen molar-refractivity contribution in [1.29, 1.82) is 0 Å². The highest BCUT2D eigenvalue weighted by molar-refractivity contribution is 5.78. The summed E-state index contributed by atoms with van der Waals surface area (Å²) in [7, 11) is 3.97. The zero-order valence-electron chi connectivity index (χ0n) is 15.4. The zero-order chi connectivity index (χ0) is 17.4. The first-order valence-electron chi connectivity index (χ1n) is 9.50. The van der Waals surface area contributed by atoms with Crippen LogP contribution in [0.1, 0.15) is 24.4 Å². The quantitative estimate of drug-likeness (QED) is 0.818. The molecule has 4 rings (SSSR count). The summed E-state index contributed by atoms with van der Waals surface area (Å²) >= 11 is 0. The predicted octanol–water partition coefficient (Wildman–Crippen LogP) is 1.85. The average Bonchev–Trinajstić information content (AvgIpc) is 3.27. The van der Waals surface area contributed by atoms with E-state index in [0.717, 1.165) is 50.7 Å². The third-order valence-electron chi connectivity index (χ3n) is 6.28. The molecule has 1 amide bonds. The van der Waals surface area contributed by atoms with Gasteiger partial charge in [0.2, 0.25) is 5.91 Å². The molecule has 25 heavy (non-hydrogen) atoms. The normalized spacial score (nSPS) is 30.2. The summed E-state index contributed by atoms with van der Waals surface area (Å²) in [5.74, 6) is 2.69. The van der Waals surface area contributed by atoms with Gasteiger partial charge in [0.05, 0.1) is 7.11 Å². The van der Waals surface area contributed by atoms with Crippen LogP contribution < -0.4 is 4.74 Å². The molecule has 5 heteroatoms. The molecule has 0 aromatic heterocycles. The van der Waals surface area contributed by atoms with Crippen LogP contribution in [-0.2, 0) is 4.79 Å². The molecule has 0 spiro atoms. The number of fused-ring (bicyclic) bond motifs is 1. The number of hydrogen-bond acceptors (Lipinski definition) is 4. The molecule has 3 atom stereocenters. The van der Waals surface area contributed by atoms with E-state index in [-0.39, 0.29) is 0 Å². The number of hydrogen-bond donors (Lipinski definition) is 0. The first kappa shape index (κ1) is 16.9. The van der Waals surface area contributed by atoms with Gasteiger partial charge in [-0.15, -0.1) is 0 Å². The van der Waals surface area contributed by atoms with Gasteiger partial charge < -0.3 is 14.5 Å². The number of nitrogens with zero attached hydrogens (tertiary/aromatic N) is 3. The maximum absolute atomic E-state index is 11.8. The number of methoxy groups -OCH3 is 1. The molecule has 0 bridgehead atoms. The summed E-state index contributed by atoms with van der Waals surface area (Å²) in [6.45, 7) is 6.37. The Bertz CT molecular complexity index is 618. The Kier molecular flexibility index (Phi) is 4.69. The van der Waals surface area contributed by atoms with Crippen molar-refractivity contribution in [2.75, 3.05) is 53.4 Å². The largest absolute Gasteiger partial charge is 0.497 e. The van der Waals surface area contributed by atoms with Crippen molar-refractivity contribution < 1.29 is 9.53 Å². The van der Waals surface area contributed by atoms with Gasteiger partial charge in [-0.2, -0.15) is 0 Å². The number of carbonyl (C=O) groups is 1. The van der Waals surface area contributed by atoms with E-state index in [4.69, 9.17) is 4.74 Å². The molecule has 3 fully saturated rings. The molecular weight excluding hydrogens is 314 g/mol. The molecule has 3 saturated heterocycles. The van der Waals surface area contributed by atoms with Crippen LogP contribution in [-0.4, -0.2) is 74.0 Å². The molecule has 0 radical (unpaired) electrons. The van der Waals surface area contributed by atoms with Crippen molar-refractivity contribution in [2.45, 2.75) is 18.9 Å². The first-order chi connectivity index (χ1) is 12.2. The minimum Gasteiger partial charge on any atom is -0.497 e. The second kappa shape index (κ2) is 6.96. The molecule has 1 aromatic carbocycles. The molecule has 0 unspecified atom stereocenters. The predicted molar refractivity (Wildman–Crippen MR) is 97.6 cm³/mol. The van der Waals surface area contributed by atoms with Crippen molar-refractivity contribution in [1.82, 2.24) is 14.7 Å². The molecule has 3 heterocycles. The van der Waals surface area contributed by atoms with Gasteiger partial charge in [0.15, 0.2) is 0 Å². The maximum Gasteiger partial charge on any atom is 0.222 e. The smallest absolute Gasteiger partial charge is 0.222 e. The maximum atomic E-state index is 11.8. The fourth-order valence-corrected chi connectivity index (χ4v) is 5.04. The van der Waals surface area contributed by atoms with E-state index in [2.05, 4.69) is 41.1 Å². The van der Waals surface area contributed by atoms with Gasteiger partial charge in [-0.1, -0.05) is 12.1 Å². The lowest BCUT2D eigenvalue weighted by molar-refractivity contribution is -0.127. The van der Waals surface area contributed by atoms with Gasteiger partial charge in [-0.05, 0) is 43.0 Å². The standard InChI is InChI=1S/C20H29N3O2/c1-21-12-16-13-22(10-11-23-9-3-4-19(23)24)14-18(16)20(21)15-5-7-17(25-2)8-6-15/h5-8,16,18,20H,3-4,9-14H2,1-2H3/t16-,18+,20+/m0/s1. The lowest BCUT2D eigenvalue weighted by atomic mass is 9.89. The monoisotopic (exact) mass is 343 g/mol. The third-order valence-corrected chi connectivity index (χ3v) is 6.28. The summed E-state index contributed by atoms with van der Waals surface area (Å²) in [4.78, 5) is 18.9. The van der Waals surface area contributed by atoms with Crippen LogP contribution >= 0.6 is 0 Å². The SMILES string of the molecule is COc1ccc([C@@H]2[C@@H]3CN(CCN4CCCC4=O)C[C@@H]3CN2C)cc1. The van der Waals surface area contributed by atoms with Crippen LogP contribution in [0.3, 0.4) is 0 Å². The molecular formula is C20H29N3O2. The minimum atomic E-state index is 0.343. The summed E-state index contributed by atoms with van der Waals surface area (Å²) in [5.41, 5.74) is 1.40. The van der Waals surface area contributed by atoms with E-state index < -0.39 is 0 Å². The summed E-state index contributed by atoms with van der Waals surface area (Å²) in [5, 5.41) is 0. The zero-order valence-corrected chi connectivity index (χ0v) is 15.4. The number of amides is 1. The molecule has 5 nitrogen and oxygen atoms in total. The van der Waals surface area contributed by atoms with E-state index in [1.807, 2.05) is 4.90 Å².